The van der Waals surface area contributed by atoms with Crippen molar-refractivity contribution in [1.29, 1.82) is 0 Å². The van der Waals surface area contributed by atoms with E-state index in [0.717, 1.165) is 31.2 Å². The van der Waals surface area contributed by atoms with Crippen LogP contribution in [0.3, 0.4) is 0 Å². The third kappa shape index (κ3) is 2.22. The van der Waals surface area contributed by atoms with E-state index >= 15 is 0 Å². The number of benzene rings is 1. The van der Waals surface area contributed by atoms with Gasteiger partial charge in [-0.05, 0) is 30.5 Å². The quantitative estimate of drug-likeness (QED) is 0.826. The van der Waals surface area contributed by atoms with Crippen LogP contribution in [0.1, 0.15) is 37.7 Å². The van der Waals surface area contributed by atoms with Crippen LogP contribution in [-0.2, 0) is 5.60 Å². The van der Waals surface area contributed by atoms with Gasteiger partial charge in [0.1, 0.15) is 0 Å². The Morgan fingerprint density at radius 2 is 1.56 bits per heavy atom. The maximum absolute atomic E-state index is 10.6. The average molecular weight is 219 g/mol. The minimum Gasteiger partial charge on any atom is -0.385 e. The molecule has 2 rings (SSSR count). The summed E-state index contributed by atoms with van der Waals surface area (Å²) < 4.78 is 0. The zero-order valence-corrected chi connectivity index (χ0v) is 10.2. The molecule has 0 bridgehead atoms. The third-order valence-electron chi connectivity index (χ3n) is 3.60. The Hall–Kier alpha value is -1.02. The maximum atomic E-state index is 10.6. The van der Waals surface area contributed by atoms with Crippen molar-refractivity contribution in [1.82, 2.24) is 0 Å². The predicted octanol–water partition coefficient (Wildman–Crippen LogP) is 2.90. The van der Waals surface area contributed by atoms with Crippen LogP contribution in [0, 0.1) is 0 Å². The first kappa shape index (κ1) is 11.5. The molecule has 1 aromatic carbocycles. The van der Waals surface area contributed by atoms with E-state index in [-0.39, 0.29) is 0 Å². The first-order valence-corrected chi connectivity index (χ1v) is 6.12. The van der Waals surface area contributed by atoms with Crippen molar-refractivity contribution in [3.8, 4) is 0 Å². The zero-order chi connectivity index (χ0) is 11.6. The summed E-state index contributed by atoms with van der Waals surface area (Å²) in [5.41, 5.74) is 1.70. The van der Waals surface area contributed by atoms with Crippen LogP contribution in [-0.4, -0.2) is 19.2 Å². The molecule has 1 saturated carbocycles. The fourth-order valence-electron chi connectivity index (χ4n) is 2.50. The third-order valence-corrected chi connectivity index (χ3v) is 3.60. The van der Waals surface area contributed by atoms with E-state index in [1.165, 1.54) is 12.1 Å². The standard InChI is InChI=1S/C14H21NO/c1-15(2)13-8-6-12(7-9-13)14(16)10-4-3-5-11-14/h6-9,16H,3-5,10-11H2,1-2H3. The summed E-state index contributed by atoms with van der Waals surface area (Å²) in [5, 5.41) is 10.6. The summed E-state index contributed by atoms with van der Waals surface area (Å²) in [5.74, 6) is 0. The Balaban J connectivity index is 2.20. The average Bonchev–Trinajstić information content (AvgIpc) is 2.30. The van der Waals surface area contributed by atoms with Gasteiger partial charge in [-0.3, -0.25) is 0 Å². The van der Waals surface area contributed by atoms with Gasteiger partial charge in [-0.25, -0.2) is 0 Å². The summed E-state index contributed by atoms with van der Waals surface area (Å²) in [6, 6.07) is 8.31. The Morgan fingerprint density at radius 3 is 2.06 bits per heavy atom. The number of rotatable bonds is 2. The lowest BCUT2D eigenvalue weighted by molar-refractivity contribution is -0.000613. The molecule has 1 aliphatic carbocycles. The molecule has 88 valence electrons. The molecule has 0 spiro atoms. The van der Waals surface area contributed by atoms with Crippen LogP contribution in [0.2, 0.25) is 0 Å². The highest BCUT2D eigenvalue weighted by Gasteiger charge is 2.30. The summed E-state index contributed by atoms with van der Waals surface area (Å²) in [6.07, 6.45) is 5.37. The van der Waals surface area contributed by atoms with Gasteiger partial charge in [0.25, 0.3) is 0 Å². The topological polar surface area (TPSA) is 23.5 Å². The molecule has 1 fully saturated rings. The molecule has 16 heavy (non-hydrogen) atoms. The molecule has 0 aliphatic heterocycles. The molecule has 0 saturated heterocycles. The van der Waals surface area contributed by atoms with Crippen LogP contribution in [0.5, 0.6) is 0 Å². The van der Waals surface area contributed by atoms with Crippen molar-refractivity contribution in [2.75, 3.05) is 19.0 Å². The Kier molecular flexibility index (Phi) is 3.20. The van der Waals surface area contributed by atoms with E-state index in [2.05, 4.69) is 29.2 Å². The normalized spacial score (nSPS) is 19.4. The number of hydrogen-bond donors (Lipinski definition) is 1. The van der Waals surface area contributed by atoms with Gasteiger partial charge in [0.2, 0.25) is 0 Å². The van der Waals surface area contributed by atoms with Gasteiger partial charge in [0.15, 0.2) is 0 Å². The van der Waals surface area contributed by atoms with E-state index in [0.29, 0.717) is 0 Å². The summed E-state index contributed by atoms with van der Waals surface area (Å²) in [4.78, 5) is 2.08. The lowest BCUT2D eigenvalue weighted by Crippen LogP contribution is -2.28. The van der Waals surface area contributed by atoms with Crippen molar-refractivity contribution >= 4 is 5.69 Å². The van der Waals surface area contributed by atoms with Gasteiger partial charge >= 0.3 is 0 Å². The summed E-state index contributed by atoms with van der Waals surface area (Å²) in [6.45, 7) is 0. The van der Waals surface area contributed by atoms with E-state index < -0.39 is 5.60 Å². The molecule has 1 aromatic rings. The van der Waals surface area contributed by atoms with Gasteiger partial charge in [0.05, 0.1) is 5.60 Å². The first-order chi connectivity index (χ1) is 7.62. The van der Waals surface area contributed by atoms with E-state index in [1.807, 2.05) is 14.1 Å². The summed E-state index contributed by atoms with van der Waals surface area (Å²) >= 11 is 0. The number of aliphatic hydroxyl groups is 1. The van der Waals surface area contributed by atoms with Gasteiger partial charge in [-0.1, -0.05) is 31.4 Å². The minimum absolute atomic E-state index is 0.566. The van der Waals surface area contributed by atoms with Crippen LogP contribution in [0.15, 0.2) is 24.3 Å². The maximum Gasteiger partial charge on any atom is 0.0896 e. The van der Waals surface area contributed by atoms with Crippen LogP contribution in [0.25, 0.3) is 0 Å². The summed E-state index contributed by atoms with van der Waals surface area (Å²) in [7, 11) is 4.06. The molecule has 0 aromatic heterocycles. The van der Waals surface area contributed by atoms with Crippen molar-refractivity contribution in [2.24, 2.45) is 0 Å². The molecule has 0 heterocycles. The molecule has 0 radical (unpaired) electrons. The molecule has 1 N–H and O–H groups in total. The van der Waals surface area contributed by atoms with Gasteiger partial charge in [-0.15, -0.1) is 0 Å². The molecule has 0 amide bonds. The molecular formula is C14H21NO. The minimum atomic E-state index is -0.566. The Labute approximate surface area is 97.9 Å². The highest BCUT2D eigenvalue weighted by Crippen LogP contribution is 2.37. The lowest BCUT2D eigenvalue weighted by Gasteiger charge is -2.32. The highest BCUT2D eigenvalue weighted by atomic mass is 16.3. The highest BCUT2D eigenvalue weighted by molar-refractivity contribution is 5.47. The zero-order valence-electron chi connectivity index (χ0n) is 10.2. The molecule has 2 heteroatoms. The second-order valence-corrected chi connectivity index (χ2v) is 5.03. The molecule has 0 unspecified atom stereocenters. The molecular weight excluding hydrogens is 198 g/mol. The number of anilines is 1. The van der Waals surface area contributed by atoms with E-state index in [9.17, 15) is 5.11 Å². The van der Waals surface area contributed by atoms with Crippen LogP contribution in [0.4, 0.5) is 5.69 Å². The molecule has 1 aliphatic rings. The van der Waals surface area contributed by atoms with E-state index in [4.69, 9.17) is 0 Å². The fourth-order valence-corrected chi connectivity index (χ4v) is 2.50. The second kappa shape index (κ2) is 4.46. The van der Waals surface area contributed by atoms with Crippen molar-refractivity contribution in [2.45, 2.75) is 37.7 Å². The van der Waals surface area contributed by atoms with Gasteiger partial charge in [0, 0.05) is 19.8 Å². The SMILES string of the molecule is CN(C)c1ccc(C2(O)CCCCC2)cc1. The number of hydrogen-bond acceptors (Lipinski definition) is 2. The lowest BCUT2D eigenvalue weighted by atomic mass is 9.80. The smallest absolute Gasteiger partial charge is 0.0896 e. The number of nitrogens with zero attached hydrogens (tertiary/aromatic N) is 1. The Morgan fingerprint density at radius 1 is 1.00 bits per heavy atom. The monoisotopic (exact) mass is 219 g/mol. The largest absolute Gasteiger partial charge is 0.385 e. The van der Waals surface area contributed by atoms with Crippen molar-refractivity contribution in [3.63, 3.8) is 0 Å². The predicted molar refractivity (Wildman–Crippen MR) is 67.8 cm³/mol. The van der Waals surface area contributed by atoms with Crippen molar-refractivity contribution < 1.29 is 5.11 Å². The van der Waals surface area contributed by atoms with Crippen LogP contribution < -0.4 is 4.90 Å². The van der Waals surface area contributed by atoms with Crippen molar-refractivity contribution in [3.05, 3.63) is 29.8 Å². The fraction of sp³-hybridized carbons (Fsp3) is 0.571. The Bertz CT molecular complexity index is 336. The van der Waals surface area contributed by atoms with Gasteiger partial charge < -0.3 is 10.0 Å². The molecule has 0 atom stereocenters. The van der Waals surface area contributed by atoms with Gasteiger partial charge in [-0.2, -0.15) is 0 Å². The first-order valence-electron chi connectivity index (χ1n) is 6.12. The second-order valence-electron chi connectivity index (χ2n) is 5.03. The van der Waals surface area contributed by atoms with E-state index in [1.54, 1.807) is 0 Å². The molecule has 2 nitrogen and oxygen atoms in total. The van der Waals surface area contributed by atoms with Crippen LogP contribution >= 0.6 is 0 Å².